The number of aliphatic hydroxyl groups is 1. The van der Waals surface area contributed by atoms with Gasteiger partial charge in [0.1, 0.15) is 6.10 Å². The van der Waals surface area contributed by atoms with Crippen LogP contribution in [0.4, 0.5) is 0 Å². The van der Waals surface area contributed by atoms with Gasteiger partial charge in [0.25, 0.3) is 0 Å². The molecule has 11 atom stereocenters. The molecule has 0 aromatic heterocycles. The SMILES string of the molecule is CC(C)C1=C2[C@H]3CC[C@@H]4[C@@]5(C)CC[C@H](OC(=O)[C@H]6C[C@@H](C(=O)O)C6(C)C)C(C)(C)[C@@H]5CC[C@@]4(C)[C@]3(C)CC[C@@]2([C@@H](O)CNCC(C)(C)NC(=O)CN2CCCCC2)CC1=O. The van der Waals surface area contributed by atoms with Crippen LogP contribution in [0, 0.1) is 68.0 Å². The lowest BCUT2D eigenvalue weighted by molar-refractivity contribution is -0.238. The van der Waals surface area contributed by atoms with Crippen molar-refractivity contribution in [2.75, 3.05) is 32.7 Å². The number of carbonyl (C=O) groups is 4. The van der Waals surface area contributed by atoms with Gasteiger partial charge >= 0.3 is 11.9 Å². The van der Waals surface area contributed by atoms with E-state index >= 15 is 0 Å². The summed E-state index contributed by atoms with van der Waals surface area (Å²) in [6, 6.07) is 0. The number of aliphatic hydroxyl groups excluding tert-OH is 1. The molecule has 338 valence electrons. The van der Waals surface area contributed by atoms with Crippen molar-refractivity contribution in [2.24, 2.45) is 68.0 Å². The number of hydrogen-bond acceptors (Lipinski definition) is 8. The fraction of sp³-hybridized carbons (Fsp3) is 0.880. The lowest BCUT2D eigenvalue weighted by Gasteiger charge is -2.72. The van der Waals surface area contributed by atoms with Gasteiger partial charge in [0.2, 0.25) is 5.91 Å². The van der Waals surface area contributed by atoms with E-state index in [9.17, 15) is 29.4 Å². The minimum atomic E-state index is -0.833. The van der Waals surface area contributed by atoms with E-state index in [1.54, 1.807) is 0 Å². The van der Waals surface area contributed by atoms with Gasteiger partial charge in [-0.15, -0.1) is 0 Å². The molecule has 0 aromatic rings. The minimum Gasteiger partial charge on any atom is -0.481 e. The summed E-state index contributed by atoms with van der Waals surface area (Å²) in [5, 5.41) is 28.8. The average molecular weight is 836 g/mol. The number of nitrogens with zero attached hydrogens (tertiary/aromatic N) is 1. The topological polar surface area (TPSA) is 145 Å². The predicted octanol–water partition coefficient (Wildman–Crippen LogP) is 7.96. The van der Waals surface area contributed by atoms with Crippen LogP contribution in [-0.4, -0.2) is 89.2 Å². The van der Waals surface area contributed by atoms with Crippen LogP contribution in [0.25, 0.3) is 0 Å². The summed E-state index contributed by atoms with van der Waals surface area (Å²) < 4.78 is 6.43. The Bertz CT molecular complexity index is 1750. The number of carboxylic acid groups (broad SMARTS) is 1. The Morgan fingerprint density at radius 3 is 2.17 bits per heavy atom. The zero-order valence-corrected chi connectivity index (χ0v) is 39.2. The molecule has 0 aromatic carbocycles. The number of amides is 1. The Balaban J connectivity index is 1.07. The Kier molecular flexibility index (Phi) is 12.0. The molecule has 5 saturated carbocycles. The molecule has 7 aliphatic rings. The highest BCUT2D eigenvalue weighted by atomic mass is 16.5. The third-order valence-corrected chi connectivity index (χ3v) is 19.4. The molecule has 0 spiro atoms. The maximum absolute atomic E-state index is 14.2. The van der Waals surface area contributed by atoms with Gasteiger partial charge in [-0.3, -0.25) is 24.1 Å². The molecule has 0 radical (unpaired) electrons. The molecule has 0 unspecified atom stereocenters. The molecule has 4 N–H and O–H groups in total. The molecule has 1 aliphatic heterocycles. The van der Waals surface area contributed by atoms with Crippen molar-refractivity contribution in [1.82, 2.24) is 15.5 Å². The van der Waals surface area contributed by atoms with E-state index in [0.29, 0.717) is 44.3 Å². The summed E-state index contributed by atoms with van der Waals surface area (Å²) in [7, 11) is 0. The van der Waals surface area contributed by atoms with Gasteiger partial charge in [0, 0.05) is 35.9 Å². The van der Waals surface area contributed by atoms with Crippen LogP contribution < -0.4 is 10.6 Å². The number of likely N-dealkylation sites (tertiary alicyclic amines) is 1. The molecular weight excluding hydrogens is 755 g/mol. The third kappa shape index (κ3) is 7.24. The number of fused-ring (bicyclic) bond motifs is 7. The molecule has 1 saturated heterocycles. The maximum atomic E-state index is 14.2. The monoisotopic (exact) mass is 836 g/mol. The smallest absolute Gasteiger partial charge is 0.309 e. The normalized spacial score (nSPS) is 40.4. The Hall–Kier alpha value is -2.30. The van der Waals surface area contributed by atoms with Crippen molar-refractivity contribution in [3.63, 3.8) is 0 Å². The summed E-state index contributed by atoms with van der Waals surface area (Å²) in [4.78, 5) is 54.9. The number of nitrogens with one attached hydrogen (secondary N) is 2. The fourth-order valence-corrected chi connectivity index (χ4v) is 15.7. The van der Waals surface area contributed by atoms with E-state index < -0.39 is 34.4 Å². The van der Waals surface area contributed by atoms with E-state index in [1.165, 1.54) is 12.0 Å². The molecule has 60 heavy (non-hydrogen) atoms. The molecule has 6 aliphatic carbocycles. The van der Waals surface area contributed by atoms with Crippen molar-refractivity contribution >= 4 is 23.6 Å². The van der Waals surface area contributed by atoms with E-state index in [1.807, 2.05) is 27.7 Å². The van der Waals surface area contributed by atoms with Crippen LogP contribution in [0.2, 0.25) is 0 Å². The van der Waals surface area contributed by atoms with E-state index in [2.05, 4.69) is 64.0 Å². The van der Waals surface area contributed by atoms with Crippen molar-refractivity contribution in [2.45, 2.75) is 177 Å². The molecule has 0 bridgehead atoms. The quantitative estimate of drug-likeness (QED) is 0.144. The first kappa shape index (κ1) is 45.7. The third-order valence-electron chi connectivity index (χ3n) is 19.4. The Morgan fingerprint density at radius 2 is 1.53 bits per heavy atom. The number of hydrogen-bond donors (Lipinski definition) is 4. The lowest BCUT2D eigenvalue weighted by Crippen LogP contribution is -2.66. The van der Waals surface area contributed by atoms with Crippen LogP contribution in [0.15, 0.2) is 11.1 Å². The first-order valence-corrected chi connectivity index (χ1v) is 24.0. The number of carbonyl (C=O) groups excluding carboxylic acids is 3. The number of rotatable bonds is 12. The second-order valence-corrected chi connectivity index (χ2v) is 24.1. The van der Waals surface area contributed by atoms with Crippen molar-refractivity contribution in [1.29, 1.82) is 0 Å². The molecule has 7 rings (SSSR count). The first-order valence-electron chi connectivity index (χ1n) is 24.0. The molecular formula is C50H81N3O7. The van der Waals surface area contributed by atoms with Gasteiger partial charge in [0.15, 0.2) is 5.78 Å². The second kappa shape index (κ2) is 15.7. The van der Waals surface area contributed by atoms with E-state index in [0.717, 1.165) is 82.9 Å². The maximum Gasteiger partial charge on any atom is 0.309 e. The highest BCUT2D eigenvalue weighted by molar-refractivity contribution is 6.00. The van der Waals surface area contributed by atoms with Gasteiger partial charge in [-0.25, -0.2) is 0 Å². The summed E-state index contributed by atoms with van der Waals surface area (Å²) in [5.41, 5.74) is 0.403. The van der Waals surface area contributed by atoms with Gasteiger partial charge in [0.05, 0.1) is 24.5 Å². The standard InChI is InChI=1S/C50H81N3O7/c1-30(2)40-34(54)26-50(37(55)27-51-29-44(3,4)52-39(56)28-53-23-13-12-14-24-53)22-21-48(10)31(41(40)50)15-16-36-47(9)19-18-38(46(7,8)35(47)17-20-49(36,48)11)60-43(59)33-25-32(42(57)58)45(33,5)6/h30-33,35-38,51,55H,12-29H2,1-11H3,(H,52,56)(H,57,58)/t31-,32+,33-,35+,36-,37+,38+,47+,48-,49-,50+/m1/s1. The number of carboxylic acids is 1. The molecule has 10 nitrogen and oxygen atoms in total. The van der Waals surface area contributed by atoms with Gasteiger partial charge in [-0.2, -0.15) is 0 Å². The summed E-state index contributed by atoms with van der Waals surface area (Å²) >= 11 is 0. The van der Waals surface area contributed by atoms with E-state index in [-0.39, 0.29) is 63.2 Å². The minimum absolute atomic E-state index is 0.0365. The lowest BCUT2D eigenvalue weighted by atomic mass is 9.33. The second-order valence-electron chi connectivity index (χ2n) is 24.1. The summed E-state index contributed by atoms with van der Waals surface area (Å²) in [5.74, 6) is -0.534. The highest BCUT2D eigenvalue weighted by Crippen LogP contribution is 2.77. The number of allylic oxidation sites excluding steroid dienone is 1. The van der Waals surface area contributed by atoms with E-state index in [4.69, 9.17) is 4.74 Å². The Labute approximate surface area is 361 Å². The number of esters is 1. The van der Waals surface area contributed by atoms with Crippen molar-refractivity contribution in [3.8, 4) is 0 Å². The summed E-state index contributed by atoms with van der Waals surface area (Å²) in [6.07, 6.45) is 11.1. The molecule has 1 amide bonds. The van der Waals surface area contributed by atoms with Crippen molar-refractivity contribution in [3.05, 3.63) is 11.1 Å². The Morgan fingerprint density at radius 1 is 0.850 bits per heavy atom. The van der Waals surface area contributed by atoms with Gasteiger partial charge in [-0.1, -0.05) is 74.3 Å². The van der Waals surface area contributed by atoms with Crippen LogP contribution >= 0.6 is 0 Å². The summed E-state index contributed by atoms with van der Waals surface area (Å²) in [6.45, 7) is 27.7. The van der Waals surface area contributed by atoms with Gasteiger partial charge in [-0.05, 0) is 148 Å². The van der Waals surface area contributed by atoms with Crippen LogP contribution in [0.3, 0.4) is 0 Å². The van der Waals surface area contributed by atoms with Gasteiger partial charge < -0.3 is 25.6 Å². The fourth-order valence-electron chi connectivity index (χ4n) is 15.7. The molecule has 6 fully saturated rings. The first-order chi connectivity index (χ1) is 27.9. The molecule has 1 heterocycles. The largest absolute Gasteiger partial charge is 0.481 e. The number of piperidine rings is 1. The highest BCUT2D eigenvalue weighted by Gasteiger charge is 2.71. The van der Waals surface area contributed by atoms with Crippen LogP contribution in [0.5, 0.6) is 0 Å². The number of ether oxygens (including phenoxy) is 1. The zero-order valence-electron chi connectivity index (χ0n) is 39.2. The molecule has 10 heteroatoms. The van der Waals surface area contributed by atoms with Crippen LogP contribution in [0.1, 0.15) is 160 Å². The van der Waals surface area contributed by atoms with Crippen molar-refractivity contribution < 1.29 is 34.1 Å². The average Bonchev–Trinajstić information content (AvgIpc) is 3.45. The zero-order chi connectivity index (χ0) is 44.0. The number of aliphatic carboxylic acids is 1. The number of Topliss-reactive ketones (excluding diaryl/α,β-unsaturated/α-hetero) is 1. The number of ketones is 1. The predicted molar refractivity (Wildman–Crippen MR) is 234 cm³/mol. The van der Waals surface area contributed by atoms with Crippen LogP contribution in [-0.2, 0) is 23.9 Å².